The van der Waals surface area contributed by atoms with Crippen molar-refractivity contribution in [3.05, 3.63) is 52.6 Å². The molecule has 2 aliphatic rings. The van der Waals surface area contributed by atoms with Crippen LogP contribution < -0.4 is 10.6 Å². The Hall–Kier alpha value is -2.36. The van der Waals surface area contributed by atoms with E-state index in [2.05, 4.69) is 9.80 Å². The number of nitrogen functional groups attached to an aromatic ring is 1. The van der Waals surface area contributed by atoms with Crippen molar-refractivity contribution >= 4 is 28.9 Å². The van der Waals surface area contributed by atoms with Gasteiger partial charge in [0.2, 0.25) is 0 Å². The molecule has 0 amide bonds. The van der Waals surface area contributed by atoms with Gasteiger partial charge in [-0.25, -0.2) is 13.9 Å². The topological polar surface area (TPSA) is 71.9 Å². The van der Waals surface area contributed by atoms with Crippen LogP contribution in [-0.4, -0.2) is 70.4 Å². The van der Waals surface area contributed by atoms with E-state index >= 15 is 0 Å². The van der Waals surface area contributed by atoms with Crippen LogP contribution in [0.4, 0.5) is 15.9 Å². The highest BCUT2D eigenvalue weighted by atomic mass is 32.2. The van der Waals surface area contributed by atoms with Crippen molar-refractivity contribution in [2.24, 2.45) is 0 Å². The largest absolute Gasteiger partial charge is 0.396 e. The van der Waals surface area contributed by atoms with Gasteiger partial charge in [0.15, 0.2) is 11.5 Å². The lowest BCUT2D eigenvalue weighted by atomic mass is 9.99. The summed E-state index contributed by atoms with van der Waals surface area (Å²) in [6.45, 7) is 7.75. The molecule has 176 valence electrons. The first kappa shape index (κ1) is 22.4. The van der Waals surface area contributed by atoms with Gasteiger partial charge in [-0.05, 0) is 23.6 Å². The van der Waals surface area contributed by atoms with Gasteiger partial charge in [0.05, 0.1) is 30.3 Å². The van der Waals surface area contributed by atoms with Crippen molar-refractivity contribution in [1.82, 2.24) is 19.5 Å². The summed E-state index contributed by atoms with van der Waals surface area (Å²) in [5.74, 6) is 2.94. The Bertz CT molecular complexity index is 1120. The minimum Gasteiger partial charge on any atom is -0.396 e. The zero-order valence-electron chi connectivity index (χ0n) is 19.1. The first-order valence-corrected chi connectivity index (χ1v) is 12.9. The van der Waals surface area contributed by atoms with Gasteiger partial charge in [0.25, 0.3) is 0 Å². The fraction of sp³-hybridized carbons (Fsp3) is 0.500. The maximum Gasteiger partial charge on any atom is 0.177 e. The highest BCUT2D eigenvalue weighted by molar-refractivity contribution is 7.99. The zero-order chi connectivity index (χ0) is 22.8. The molecule has 7 nitrogen and oxygen atoms in total. The summed E-state index contributed by atoms with van der Waals surface area (Å²) in [7, 11) is 0. The molecule has 1 aromatic carbocycles. The lowest BCUT2D eigenvalue weighted by Crippen LogP contribution is -2.37. The number of nitrogens with two attached hydrogens (primary N) is 1. The van der Waals surface area contributed by atoms with Gasteiger partial charge in [-0.3, -0.25) is 4.90 Å². The van der Waals surface area contributed by atoms with Crippen molar-refractivity contribution < 1.29 is 9.13 Å². The van der Waals surface area contributed by atoms with Gasteiger partial charge in [0, 0.05) is 56.7 Å². The Balaban J connectivity index is 1.60. The Kier molecular flexibility index (Phi) is 6.71. The van der Waals surface area contributed by atoms with Crippen LogP contribution in [0.25, 0.3) is 5.65 Å². The first-order chi connectivity index (χ1) is 16.1. The zero-order valence-corrected chi connectivity index (χ0v) is 19.9. The quantitative estimate of drug-likeness (QED) is 0.594. The number of hydrogen-bond acceptors (Lipinski definition) is 7. The molecule has 2 N–H and O–H groups in total. The number of thioether (sulfide) groups is 1. The molecule has 0 spiro atoms. The minimum atomic E-state index is -0.153. The average Bonchev–Trinajstić information content (AvgIpc) is 3.18. The molecular weight excluding hydrogens is 439 g/mol. The van der Waals surface area contributed by atoms with Crippen molar-refractivity contribution in [3.63, 3.8) is 0 Å². The molecule has 0 saturated carbocycles. The second-order valence-corrected chi connectivity index (χ2v) is 9.82. The molecule has 0 radical (unpaired) electrons. The van der Waals surface area contributed by atoms with Crippen LogP contribution >= 0.6 is 11.8 Å². The van der Waals surface area contributed by atoms with Crippen molar-refractivity contribution in [2.75, 3.05) is 61.5 Å². The van der Waals surface area contributed by atoms with Crippen LogP contribution in [0.1, 0.15) is 29.4 Å². The van der Waals surface area contributed by atoms with Crippen LogP contribution in [0.2, 0.25) is 0 Å². The normalized spacial score (nSPS) is 17.7. The van der Waals surface area contributed by atoms with E-state index in [4.69, 9.17) is 20.6 Å². The van der Waals surface area contributed by atoms with E-state index in [1.807, 2.05) is 35.3 Å². The molecule has 2 fully saturated rings. The van der Waals surface area contributed by atoms with Crippen LogP contribution in [0.5, 0.6) is 0 Å². The number of nitrogens with zero attached hydrogens (tertiary/aromatic N) is 5. The van der Waals surface area contributed by atoms with Gasteiger partial charge in [-0.1, -0.05) is 19.1 Å². The molecule has 0 bridgehead atoms. The lowest BCUT2D eigenvalue weighted by Gasteiger charge is -2.28. The molecule has 5 rings (SSSR count). The van der Waals surface area contributed by atoms with Crippen molar-refractivity contribution in [2.45, 2.75) is 26.3 Å². The molecule has 0 atom stereocenters. The maximum absolute atomic E-state index is 14.6. The van der Waals surface area contributed by atoms with Crippen LogP contribution in [-0.2, 0) is 24.1 Å². The van der Waals surface area contributed by atoms with E-state index in [-0.39, 0.29) is 5.82 Å². The van der Waals surface area contributed by atoms with Crippen molar-refractivity contribution in [1.29, 1.82) is 0 Å². The number of ether oxygens (including phenoxy) is 1. The van der Waals surface area contributed by atoms with Crippen LogP contribution in [0.3, 0.4) is 0 Å². The maximum atomic E-state index is 14.6. The number of rotatable bonds is 6. The summed E-state index contributed by atoms with van der Waals surface area (Å²) in [5.41, 5.74) is 11.5. The molecule has 4 heterocycles. The summed E-state index contributed by atoms with van der Waals surface area (Å²) < 4.78 is 22.0. The molecule has 0 unspecified atom stereocenters. The minimum absolute atomic E-state index is 0.153. The Morgan fingerprint density at radius 2 is 1.94 bits per heavy atom. The molecule has 2 aromatic heterocycles. The summed E-state index contributed by atoms with van der Waals surface area (Å²) >= 11 is 1.99. The van der Waals surface area contributed by atoms with E-state index in [9.17, 15) is 4.39 Å². The van der Waals surface area contributed by atoms with Gasteiger partial charge in [0.1, 0.15) is 5.82 Å². The molecular formula is C24H31FN6OS. The number of fused-ring (bicyclic) bond motifs is 1. The van der Waals surface area contributed by atoms with E-state index in [1.165, 1.54) is 6.07 Å². The van der Waals surface area contributed by atoms with Gasteiger partial charge in [-0.2, -0.15) is 11.8 Å². The van der Waals surface area contributed by atoms with E-state index in [1.54, 1.807) is 6.07 Å². The predicted octanol–water partition coefficient (Wildman–Crippen LogP) is 2.99. The molecule has 2 aliphatic heterocycles. The Morgan fingerprint density at radius 3 is 2.70 bits per heavy atom. The second-order valence-electron chi connectivity index (χ2n) is 8.59. The fourth-order valence-corrected chi connectivity index (χ4v) is 5.66. The number of halogens is 1. The van der Waals surface area contributed by atoms with Crippen LogP contribution in [0, 0.1) is 5.82 Å². The highest BCUT2D eigenvalue weighted by Gasteiger charge is 2.23. The summed E-state index contributed by atoms with van der Waals surface area (Å²) in [5, 5.41) is 4.98. The number of benzene rings is 1. The van der Waals surface area contributed by atoms with E-state index in [0.717, 1.165) is 72.6 Å². The smallest absolute Gasteiger partial charge is 0.177 e. The molecule has 33 heavy (non-hydrogen) atoms. The standard InChI is InChI=1S/C24H31FN6OS/c1-2-18-17(4-3-5-19(18)25)14-22-21(16-29-8-12-33-13-9-29)27-24-20(26)15-23(28-31(22)24)30-6-10-32-11-7-30/h3-5,15H,2,6-14,16,26H2,1H3. The number of hydrogen-bond donors (Lipinski definition) is 1. The average molecular weight is 471 g/mol. The van der Waals surface area contributed by atoms with E-state index < -0.39 is 0 Å². The lowest BCUT2D eigenvalue weighted by molar-refractivity contribution is 0.122. The van der Waals surface area contributed by atoms with Gasteiger partial charge in [-0.15, -0.1) is 5.10 Å². The molecule has 9 heteroatoms. The second kappa shape index (κ2) is 9.87. The van der Waals surface area contributed by atoms with Crippen LogP contribution in [0.15, 0.2) is 24.3 Å². The van der Waals surface area contributed by atoms with Crippen molar-refractivity contribution in [3.8, 4) is 0 Å². The number of aromatic nitrogens is 3. The summed E-state index contributed by atoms with van der Waals surface area (Å²) in [4.78, 5) is 9.59. The van der Waals surface area contributed by atoms with Gasteiger partial charge >= 0.3 is 0 Å². The number of morpholine rings is 1. The Labute approximate surface area is 198 Å². The monoisotopic (exact) mass is 470 g/mol. The third-order valence-electron chi connectivity index (χ3n) is 6.52. The number of imidazole rings is 1. The molecule has 3 aromatic rings. The summed E-state index contributed by atoms with van der Waals surface area (Å²) in [6, 6.07) is 7.25. The molecule has 2 saturated heterocycles. The number of anilines is 2. The fourth-order valence-electron chi connectivity index (χ4n) is 4.69. The SMILES string of the molecule is CCc1c(F)cccc1Cc1c(CN2CCSCC2)nc2c(N)cc(N3CCOCC3)nn12. The predicted molar refractivity (Wildman–Crippen MR) is 132 cm³/mol. The third kappa shape index (κ3) is 4.67. The summed E-state index contributed by atoms with van der Waals surface area (Å²) in [6.07, 6.45) is 1.21. The first-order valence-electron chi connectivity index (χ1n) is 11.7. The van der Waals surface area contributed by atoms with E-state index in [0.29, 0.717) is 37.4 Å². The Morgan fingerprint density at radius 1 is 1.15 bits per heavy atom. The third-order valence-corrected chi connectivity index (χ3v) is 7.46. The van der Waals surface area contributed by atoms with Gasteiger partial charge < -0.3 is 15.4 Å². The molecule has 0 aliphatic carbocycles. The highest BCUT2D eigenvalue weighted by Crippen LogP contribution is 2.27.